The number of urea groups is 1. The van der Waals surface area contributed by atoms with Gasteiger partial charge in [0, 0.05) is 24.0 Å². The van der Waals surface area contributed by atoms with Gasteiger partial charge in [-0.15, -0.1) is 0 Å². The number of rotatable bonds is 3. The molecule has 0 radical (unpaired) electrons. The fraction of sp³-hybridized carbons (Fsp3) is 0.267. The number of hydrogen-bond donors (Lipinski definition) is 2. The van der Waals surface area contributed by atoms with Crippen molar-refractivity contribution in [2.75, 3.05) is 5.32 Å². The number of carbonyl (C=O) groups excluding carboxylic acids is 1. The van der Waals surface area contributed by atoms with Gasteiger partial charge in [0.1, 0.15) is 0 Å². The summed E-state index contributed by atoms with van der Waals surface area (Å²) >= 11 is 0. The average molecular weight is 283 g/mol. The fourth-order valence-electron chi connectivity index (χ4n) is 2.01. The van der Waals surface area contributed by atoms with Crippen molar-refractivity contribution in [3.63, 3.8) is 0 Å². The minimum absolute atomic E-state index is 0.142. The van der Waals surface area contributed by atoms with Gasteiger partial charge >= 0.3 is 6.03 Å². The third kappa shape index (κ3) is 3.39. The Morgan fingerprint density at radius 2 is 2.05 bits per heavy atom. The van der Waals surface area contributed by atoms with Crippen LogP contribution in [0.4, 0.5) is 10.5 Å². The van der Waals surface area contributed by atoms with Gasteiger partial charge in [-0.25, -0.2) is 4.79 Å². The Bertz CT molecular complexity index is 681. The molecule has 2 amide bonds. The van der Waals surface area contributed by atoms with Crippen LogP contribution in [0.2, 0.25) is 0 Å². The summed E-state index contributed by atoms with van der Waals surface area (Å²) in [4.78, 5) is 12.0. The van der Waals surface area contributed by atoms with E-state index in [9.17, 15) is 4.79 Å². The highest BCUT2D eigenvalue weighted by atomic mass is 16.2. The van der Waals surface area contributed by atoms with Crippen LogP contribution >= 0.6 is 0 Å². The molecule has 0 aliphatic carbocycles. The van der Waals surface area contributed by atoms with Crippen molar-refractivity contribution in [3.05, 3.63) is 47.3 Å². The molecule has 0 aliphatic heterocycles. The third-order valence-electron chi connectivity index (χ3n) is 3.36. The van der Waals surface area contributed by atoms with Gasteiger partial charge in [-0.2, -0.15) is 10.4 Å². The zero-order chi connectivity index (χ0) is 15.4. The maximum absolute atomic E-state index is 12.0. The van der Waals surface area contributed by atoms with E-state index in [1.807, 2.05) is 27.0 Å². The second-order valence-corrected chi connectivity index (χ2v) is 4.82. The first-order valence-electron chi connectivity index (χ1n) is 6.57. The molecular formula is C15H17N5O. The van der Waals surface area contributed by atoms with Gasteiger partial charge < -0.3 is 10.6 Å². The second-order valence-electron chi connectivity index (χ2n) is 4.82. The van der Waals surface area contributed by atoms with Crippen molar-refractivity contribution in [3.8, 4) is 6.07 Å². The highest BCUT2D eigenvalue weighted by Gasteiger charge is 2.14. The first kappa shape index (κ1) is 14.6. The van der Waals surface area contributed by atoms with Crippen LogP contribution in [0.25, 0.3) is 0 Å². The molecule has 2 N–H and O–H groups in total. The highest BCUT2D eigenvalue weighted by molar-refractivity contribution is 5.89. The molecule has 1 aromatic carbocycles. The molecule has 0 fully saturated rings. The predicted molar refractivity (Wildman–Crippen MR) is 79.7 cm³/mol. The zero-order valence-electron chi connectivity index (χ0n) is 12.2. The average Bonchev–Trinajstić information content (AvgIpc) is 2.79. The molecule has 1 unspecified atom stereocenters. The number of aryl methyl sites for hydroxylation is 1. The number of nitrogens with one attached hydrogen (secondary N) is 2. The van der Waals surface area contributed by atoms with E-state index in [-0.39, 0.29) is 12.1 Å². The van der Waals surface area contributed by atoms with E-state index in [2.05, 4.69) is 15.7 Å². The van der Waals surface area contributed by atoms with Crippen LogP contribution < -0.4 is 10.6 Å². The lowest BCUT2D eigenvalue weighted by Gasteiger charge is -2.14. The van der Waals surface area contributed by atoms with Crippen LogP contribution in [-0.4, -0.2) is 15.8 Å². The van der Waals surface area contributed by atoms with Gasteiger partial charge in [0.15, 0.2) is 0 Å². The standard InChI is InChI=1S/C15H17N5O/c1-10(14-9-17-20(3)11(14)2)18-15(21)19-13-6-4-12(8-16)5-7-13/h4-7,9-10H,1-3H3,(H2,18,19,21). The number of benzene rings is 1. The highest BCUT2D eigenvalue weighted by Crippen LogP contribution is 2.16. The van der Waals surface area contributed by atoms with Crippen LogP contribution in [0.3, 0.4) is 0 Å². The van der Waals surface area contributed by atoms with Gasteiger partial charge in [0.25, 0.3) is 0 Å². The van der Waals surface area contributed by atoms with Crippen molar-refractivity contribution in [1.82, 2.24) is 15.1 Å². The van der Waals surface area contributed by atoms with Crippen molar-refractivity contribution in [2.45, 2.75) is 19.9 Å². The number of nitriles is 1. The summed E-state index contributed by atoms with van der Waals surface area (Å²) in [6, 6.07) is 8.29. The van der Waals surface area contributed by atoms with E-state index in [0.29, 0.717) is 11.3 Å². The first-order chi connectivity index (χ1) is 10.0. The number of carbonyl (C=O) groups is 1. The number of amides is 2. The topological polar surface area (TPSA) is 82.7 Å². The summed E-state index contributed by atoms with van der Waals surface area (Å²) in [5.74, 6) is 0. The summed E-state index contributed by atoms with van der Waals surface area (Å²) < 4.78 is 1.77. The van der Waals surface area contributed by atoms with Crippen LogP contribution in [0.5, 0.6) is 0 Å². The van der Waals surface area contributed by atoms with Gasteiger partial charge in [0.2, 0.25) is 0 Å². The lowest BCUT2D eigenvalue weighted by atomic mass is 10.1. The van der Waals surface area contributed by atoms with Crippen molar-refractivity contribution in [1.29, 1.82) is 5.26 Å². The van der Waals surface area contributed by atoms with Crippen LogP contribution in [-0.2, 0) is 7.05 Å². The molecular weight excluding hydrogens is 266 g/mol. The van der Waals surface area contributed by atoms with Gasteiger partial charge in [-0.05, 0) is 38.1 Å². The van der Waals surface area contributed by atoms with Gasteiger partial charge in [0.05, 0.1) is 23.9 Å². The molecule has 1 heterocycles. The van der Waals surface area contributed by atoms with Crippen molar-refractivity contribution >= 4 is 11.7 Å². The van der Waals surface area contributed by atoms with Crippen molar-refractivity contribution < 1.29 is 4.79 Å². The van der Waals surface area contributed by atoms with E-state index in [1.165, 1.54) is 0 Å². The quantitative estimate of drug-likeness (QED) is 0.907. The molecule has 1 atom stereocenters. The largest absolute Gasteiger partial charge is 0.331 e. The molecule has 6 heteroatoms. The summed E-state index contributed by atoms with van der Waals surface area (Å²) in [6.45, 7) is 3.86. The Kier molecular flexibility index (Phi) is 4.24. The maximum Gasteiger partial charge on any atom is 0.319 e. The lowest BCUT2D eigenvalue weighted by molar-refractivity contribution is 0.249. The third-order valence-corrected chi connectivity index (χ3v) is 3.36. The van der Waals surface area contributed by atoms with E-state index in [4.69, 9.17) is 5.26 Å². The van der Waals surface area contributed by atoms with E-state index < -0.39 is 0 Å². The predicted octanol–water partition coefficient (Wildman–Crippen LogP) is 2.48. The molecule has 0 bridgehead atoms. The van der Waals surface area contributed by atoms with E-state index >= 15 is 0 Å². The smallest absolute Gasteiger partial charge is 0.319 e. The number of nitrogens with zero attached hydrogens (tertiary/aromatic N) is 3. The Morgan fingerprint density at radius 1 is 1.38 bits per heavy atom. The summed E-state index contributed by atoms with van der Waals surface area (Å²) in [5, 5.41) is 18.5. The molecule has 0 aliphatic rings. The summed E-state index contributed by atoms with van der Waals surface area (Å²) in [5.41, 5.74) is 3.19. The minimum Gasteiger partial charge on any atom is -0.331 e. The Labute approximate surface area is 123 Å². The summed E-state index contributed by atoms with van der Waals surface area (Å²) in [6.07, 6.45) is 1.75. The number of hydrogen-bond acceptors (Lipinski definition) is 3. The van der Waals surface area contributed by atoms with E-state index in [0.717, 1.165) is 11.3 Å². The number of anilines is 1. The molecule has 108 valence electrons. The second kappa shape index (κ2) is 6.09. The molecule has 0 spiro atoms. The van der Waals surface area contributed by atoms with Gasteiger partial charge in [-0.3, -0.25) is 4.68 Å². The minimum atomic E-state index is -0.296. The Morgan fingerprint density at radius 3 is 2.57 bits per heavy atom. The molecule has 0 saturated heterocycles. The molecule has 2 aromatic rings. The zero-order valence-corrected chi connectivity index (χ0v) is 12.2. The van der Waals surface area contributed by atoms with E-state index in [1.54, 1.807) is 35.1 Å². The normalized spacial score (nSPS) is 11.5. The molecule has 2 rings (SSSR count). The van der Waals surface area contributed by atoms with Crippen LogP contribution in [0.1, 0.15) is 29.8 Å². The van der Waals surface area contributed by atoms with Crippen molar-refractivity contribution in [2.24, 2.45) is 7.05 Å². The maximum atomic E-state index is 12.0. The molecule has 6 nitrogen and oxygen atoms in total. The SMILES string of the molecule is Cc1c(C(C)NC(=O)Nc2ccc(C#N)cc2)cnn1C. The molecule has 0 saturated carbocycles. The first-order valence-corrected chi connectivity index (χ1v) is 6.57. The Hall–Kier alpha value is -2.81. The lowest BCUT2D eigenvalue weighted by Crippen LogP contribution is -2.31. The number of aromatic nitrogens is 2. The van der Waals surface area contributed by atoms with Crippen LogP contribution in [0.15, 0.2) is 30.5 Å². The molecule has 1 aromatic heterocycles. The summed E-state index contributed by atoms with van der Waals surface area (Å²) in [7, 11) is 1.86. The van der Waals surface area contributed by atoms with Gasteiger partial charge in [-0.1, -0.05) is 0 Å². The molecule has 21 heavy (non-hydrogen) atoms. The Balaban J connectivity index is 1.98. The van der Waals surface area contributed by atoms with Crippen LogP contribution in [0, 0.1) is 18.3 Å². The fourth-order valence-corrected chi connectivity index (χ4v) is 2.01. The monoisotopic (exact) mass is 283 g/mol.